The third-order valence-corrected chi connectivity index (χ3v) is 4.57. The zero-order valence-corrected chi connectivity index (χ0v) is 14.9. The minimum atomic E-state index is -0.431. The number of carbonyl (C=O) groups is 1. The molecule has 1 amide bonds. The zero-order chi connectivity index (χ0) is 16.4. The zero-order valence-electron chi connectivity index (χ0n) is 14.0. The number of hydrogen-bond acceptors (Lipinski definition) is 4. The van der Waals surface area contributed by atoms with E-state index in [9.17, 15) is 4.79 Å². The lowest BCUT2D eigenvalue weighted by molar-refractivity contribution is -0.122. The Labute approximate surface area is 148 Å². The highest BCUT2D eigenvalue weighted by Crippen LogP contribution is 2.32. The molecule has 0 saturated heterocycles. The third-order valence-electron chi connectivity index (χ3n) is 4.57. The van der Waals surface area contributed by atoms with Crippen LogP contribution in [0.4, 0.5) is 5.69 Å². The average molecular weight is 350 g/mol. The Balaban J connectivity index is 0.00000208. The Morgan fingerprint density at radius 1 is 1.42 bits per heavy atom. The minimum Gasteiger partial charge on any atom is -0.444 e. The van der Waals surface area contributed by atoms with Gasteiger partial charge in [-0.25, -0.2) is 4.98 Å². The van der Waals surface area contributed by atoms with Gasteiger partial charge in [0.2, 0.25) is 11.8 Å². The van der Waals surface area contributed by atoms with Crippen molar-refractivity contribution in [2.45, 2.75) is 45.1 Å². The van der Waals surface area contributed by atoms with Crippen LogP contribution < -0.4 is 11.1 Å². The van der Waals surface area contributed by atoms with E-state index in [1.807, 2.05) is 38.1 Å². The summed E-state index contributed by atoms with van der Waals surface area (Å²) in [6.45, 7) is 3.85. The number of oxazole rings is 1. The van der Waals surface area contributed by atoms with E-state index in [4.69, 9.17) is 10.2 Å². The molecule has 0 spiro atoms. The summed E-state index contributed by atoms with van der Waals surface area (Å²) in [6, 6.07) is 7.54. The molecule has 1 aromatic carbocycles. The second-order valence-electron chi connectivity index (χ2n) is 6.67. The Morgan fingerprint density at radius 3 is 2.88 bits per heavy atom. The molecule has 1 aliphatic carbocycles. The van der Waals surface area contributed by atoms with Crippen molar-refractivity contribution in [2.75, 3.05) is 5.32 Å². The van der Waals surface area contributed by atoms with Gasteiger partial charge in [0.05, 0.1) is 11.6 Å². The number of hydrogen-bond donors (Lipinski definition) is 2. The van der Waals surface area contributed by atoms with Crippen molar-refractivity contribution in [3.63, 3.8) is 0 Å². The minimum absolute atomic E-state index is 0. The molecule has 2 unspecified atom stereocenters. The van der Waals surface area contributed by atoms with Crippen LogP contribution in [-0.4, -0.2) is 16.4 Å². The number of nitrogens with zero attached hydrogens (tertiary/aromatic N) is 1. The van der Waals surface area contributed by atoms with Gasteiger partial charge in [0.25, 0.3) is 0 Å². The van der Waals surface area contributed by atoms with E-state index in [0.29, 0.717) is 5.89 Å². The van der Waals surface area contributed by atoms with Crippen LogP contribution in [0.5, 0.6) is 0 Å². The average Bonchev–Trinajstić information content (AvgIpc) is 2.93. The molecule has 1 fully saturated rings. The fourth-order valence-corrected chi connectivity index (χ4v) is 3.23. The molecule has 1 aliphatic rings. The molecule has 1 saturated carbocycles. The fraction of sp³-hybridized carbons (Fsp3) is 0.444. The van der Waals surface area contributed by atoms with E-state index in [1.54, 1.807) is 6.26 Å². The number of aromatic nitrogens is 1. The maximum atomic E-state index is 12.6. The molecule has 24 heavy (non-hydrogen) atoms. The molecular formula is C18H24ClN3O2. The Morgan fingerprint density at radius 2 is 2.21 bits per heavy atom. The molecule has 1 heterocycles. The lowest BCUT2D eigenvalue weighted by atomic mass is 9.74. The summed E-state index contributed by atoms with van der Waals surface area (Å²) >= 11 is 0. The molecule has 2 aromatic rings. The first-order chi connectivity index (χ1) is 11.0. The van der Waals surface area contributed by atoms with Crippen LogP contribution in [0, 0.1) is 12.8 Å². The standard InChI is InChI=1S/C18H23N3O2.ClH/c1-12-11-23-17(20-12)13-6-5-7-14(10-13)21-16(22)15-8-3-4-9-18(15,2)19;/h5-7,10-11,15H,3-4,8-9,19H2,1-2H3,(H,21,22);1H. The quantitative estimate of drug-likeness (QED) is 0.880. The summed E-state index contributed by atoms with van der Waals surface area (Å²) in [6.07, 6.45) is 5.50. The van der Waals surface area contributed by atoms with Crippen molar-refractivity contribution >= 4 is 24.0 Å². The summed E-state index contributed by atoms with van der Waals surface area (Å²) in [4.78, 5) is 16.9. The van der Waals surface area contributed by atoms with E-state index >= 15 is 0 Å². The molecule has 3 rings (SSSR count). The summed E-state index contributed by atoms with van der Waals surface area (Å²) < 4.78 is 5.42. The smallest absolute Gasteiger partial charge is 0.229 e. The van der Waals surface area contributed by atoms with E-state index in [0.717, 1.165) is 42.6 Å². The third kappa shape index (κ3) is 3.97. The number of nitrogens with one attached hydrogen (secondary N) is 1. The summed E-state index contributed by atoms with van der Waals surface area (Å²) in [7, 11) is 0. The number of amides is 1. The lowest BCUT2D eigenvalue weighted by Gasteiger charge is -2.37. The Hall–Kier alpha value is -1.85. The van der Waals surface area contributed by atoms with Crippen molar-refractivity contribution < 1.29 is 9.21 Å². The lowest BCUT2D eigenvalue weighted by Crippen LogP contribution is -2.51. The SMILES string of the molecule is Cc1coc(-c2cccc(NC(=O)C3CCCCC3(C)N)c2)n1.Cl. The van der Waals surface area contributed by atoms with Crippen LogP contribution in [0.1, 0.15) is 38.3 Å². The summed E-state index contributed by atoms with van der Waals surface area (Å²) in [5, 5.41) is 3.00. The van der Waals surface area contributed by atoms with Crippen LogP contribution >= 0.6 is 12.4 Å². The van der Waals surface area contributed by atoms with Gasteiger partial charge >= 0.3 is 0 Å². The van der Waals surface area contributed by atoms with Crippen molar-refractivity contribution in [3.8, 4) is 11.5 Å². The van der Waals surface area contributed by atoms with Crippen LogP contribution in [-0.2, 0) is 4.79 Å². The number of nitrogens with two attached hydrogens (primary N) is 1. The molecule has 5 nitrogen and oxygen atoms in total. The van der Waals surface area contributed by atoms with Crippen molar-refractivity contribution in [2.24, 2.45) is 11.7 Å². The summed E-state index contributed by atoms with van der Waals surface area (Å²) in [5.41, 5.74) is 8.30. The first-order valence-corrected chi connectivity index (χ1v) is 8.08. The first-order valence-electron chi connectivity index (χ1n) is 8.08. The highest BCUT2D eigenvalue weighted by atomic mass is 35.5. The Kier molecular flexibility index (Phi) is 5.67. The van der Waals surface area contributed by atoms with Gasteiger partial charge < -0.3 is 15.5 Å². The van der Waals surface area contributed by atoms with E-state index in [-0.39, 0.29) is 24.2 Å². The molecule has 1 aromatic heterocycles. The van der Waals surface area contributed by atoms with Crippen LogP contribution in [0.25, 0.3) is 11.5 Å². The van der Waals surface area contributed by atoms with Gasteiger partial charge in [0, 0.05) is 16.8 Å². The van der Waals surface area contributed by atoms with Crippen LogP contribution in [0.2, 0.25) is 0 Å². The van der Waals surface area contributed by atoms with Crippen LogP contribution in [0.3, 0.4) is 0 Å². The number of anilines is 1. The van der Waals surface area contributed by atoms with E-state index in [2.05, 4.69) is 10.3 Å². The largest absolute Gasteiger partial charge is 0.444 e. The monoisotopic (exact) mass is 349 g/mol. The van der Waals surface area contributed by atoms with Gasteiger partial charge in [0.15, 0.2) is 0 Å². The predicted octanol–water partition coefficient (Wildman–Crippen LogP) is 3.92. The maximum Gasteiger partial charge on any atom is 0.229 e. The van der Waals surface area contributed by atoms with Gasteiger partial charge in [-0.05, 0) is 44.9 Å². The van der Waals surface area contributed by atoms with Crippen LogP contribution in [0.15, 0.2) is 34.9 Å². The van der Waals surface area contributed by atoms with Gasteiger partial charge in [-0.1, -0.05) is 18.9 Å². The van der Waals surface area contributed by atoms with Gasteiger partial charge in [-0.15, -0.1) is 12.4 Å². The molecule has 0 radical (unpaired) electrons. The molecule has 0 bridgehead atoms. The van der Waals surface area contributed by atoms with Gasteiger partial charge in [-0.3, -0.25) is 4.79 Å². The second-order valence-corrected chi connectivity index (χ2v) is 6.67. The summed E-state index contributed by atoms with van der Waals surface area (Å²) in [5.74, 6) is 0.402. The predicted molar refractivity (Wildman–Crippen MR) is 97.1 cm³/mol. The molecule has 3 N–H and O–H groups in total. The number of carbonyl (C=O) groups excluding carboxylic acids is 1. The second kappa shape index (κ2) is 7.36. The van der Waals surface area contributed by atoms with Gasteiger partial charge in [-0.2, -0.15) is 0 Å². The number of benzene rings is 1. The highest BCUT2D eigenvalue weighted by Gasteiger charge is 2.37. The van der Waals surface area contributed by atoms with Gasteiger partial charge in [0.1, 0.15) is 6.26 Å². The van der Waals surface area contributed by atoms with E-state index < -0.39 is 5.54 Å². The number of rotatable bonds is 3. The molecule has 130 valence electrons. The first kappa shape index (κ1) is 18.5. The highest BCUT2D eigenvalue weighted by molar-refractivity contribution is 5.94. The molecule has 2 atom stereocenters. The van der Waals surface area contributed by atoms with Crippen molar-refractivity contribution in [1.29, 1.82) is 0 Å². The molecule has 6 heteroatoms. The maximum absolute atomic E-state index is 12.6. The number of aryl methyl sites for hydroxylation is 1. The fourth-order valence-electron chi connectivity index (χ4n) is 3.23. The topological polar surface area (TPSA) is 81.2 Å². The molecular weight excluding hydrogens is 326 g/mol. The molecule has 0 aliphatic heterocycles. The van der Waals surface area contributed by atoms with E-state index in [1.165, 1.54) is 0 Å². The Bertz CT molecular complexity index is 712. The van der Waals surface area contributed by atoms with Crippen molar-refractivity contribution in [1.82, 2.24) is 4.98 Å². The van der Waals surface area contributed by atoms with Crippen molar-refractivity contribution in [3.05, 3.63) is 36.2 Å². The normalized spacial score (nSPS) is 23.4. The number of halogens is 1.